The molecule has 0 saturated carbocycles. The van der Waals surface area contributed by atoms with E-state index >= 15 is 0 Å². The average molecular weight is 303 g/mol. The molecule has 1 aliphatic heterocycles. The summed E-state index contributed by atoms with van der Waals surface area (Å²) in [5.74, 6) is 1.74. The Bertz CT molecular complexity index is 654. The molecule has 3 rings (SSSR count). The van der Waals surface area contributed by atoms with Gasteiger partial charge in [-0.05, 0) is 44.5 Å². The van der Waals surface area contributed by atoms with Gasteiger partial charge in [0.15, 0.2) is 5.82 Å². The summed E-state index contributed by atoms with van der Waals surface area (Å²) in [5.41, 5.74) is 9.13. The minimum atomic E-state index is 0.235. The van der Waals surface area contributed by atoms with E-state index in [1.54, 1.807) is 0 Å². The first kappa shape index (κ1) is 14.3. The van der Waals surface area contributed by atoms with Crippen molar-refractivity contribution in [3.05, 3.63) is 40.5 Å². The molecule has 1 aromatic carbocycles. The second-order valence-corrected chi connectivity index (χ2v) is 6.02. The molecule has 21 heavy (non-hydrogen) atoms. The van der Waals surface area contributed by atoms with Gasteiger partial charge in [0.05, 0.1) is 0 Å². The quantitative estimate of drug-likeness (QED) is 0.926. The van der Waals surface area contributed by atoms with Gasteiger partial charge in [0, 0.05) is 41.0 Å². The van der Waals surface area contributed by atoms with Crippen molar-refractivity contribution in [2.75, 3.05) is 18.0 Å². The Kier molecular flexibility index (Phi) is 3.83. The van der Waals surface area contributed by atoms with E-state index in [9.17, 15) is 0 Å². The van der Waals surface area contributed by atoms with E-state index in [4.69, 9.17) is 22.3 Å². The molecule has 110 valence electrons. The van der Waals surface area contributed by atoms with Crippen LogP contribution in [0.15, 0.2) is 24.3 Å². The molecule has 4 nitrogen and oxygen atoms in total. The number of nitrogens with zero attached hydrogens (tertiary/aromatic N) is 3. The van der Waals surface area contributed by atoms with Gasteiger partial charge in [-0.25, -0.2) is 9.97 Å². The topological polar surface area (TPSA) is 55.0 Å². The normalized spacial score (nSPS) is 18.3. The maximum absolute atomic E-state index is 6.02. The lowest BCUT2D eigenvalue weighted by atomic mass is 10.2. The fourth-order valence-corrected chi connectivity index (χ4v) is 2.76. The fourth-order valence-electron chi connectivity index (χ4n) is 2.63. The van der Waals surface area contributed by atoms with Crippen molar-refractivity contribution in [2.24, 2.45) is 5.73 Å². The highest BCUT2D eigenvalue weighted by atomic mass is 35.5. The number of anilines is 1. The molecule has 1 unspecified atom stereocenters. The molecular formula is C16H19ClN4. The Labute approximate surface area is 130 Å². The molecule has 1 aliphatic rings. The first-order chi connectivity index (χ1) is 10.0. The van der Waals surface area contributed by atoms with E-state index < -0.39 is 0 Å². The third-order valence-electron chi connectivity index (χ3n) is 3.99. The molecule has 1 aromatic heterocycles. The second kappa shape index (κ2) is 5.62. The Morgan fingerprint density at radius 2 is 1.90 bits per heavy atom. The summed E-state index contributed by atoms with van der Waals surface area (Å²) in [7, 11) is 0. The van der Waals surface area contributed by atoms with Crippen molar-refractivity contribution in [3.8, 4) is 11.4 Å². The predicted molar refractivity (Wildman–Crippen MR) is 86.8 cm³/mol. The summed E-state index contributed by atoms with van der Waals surface area (Å²) in [4.78, 5) is 11.6. The number of rotatable bonds is 2. The van der Waals surface area contributed by atoms with Gasteiger partial charge in [-0.15, -0.1) is 0 Å². The van der Waals surface area contributed by atoms with Crippen molar-refractivity contribution in [2.45, 2.75) is 26.3 Å². The number of hydrogen-bond donors (Lipinski definition) is 1. The van der Waals surface area contributed by atoms with E-state index in [0.717, 1.165) is 48.0 Å². The fraction of sp³-hybridized carbons (Fsp3) is 0.375. The Morgan fingerprint density at radius 1 is 1.19 bits per heavy atom. The van der Waals surface area contributed by atoms with Gasteiger partial charge in [-0.3, -0.25) is 0 Å². The highest BCUT2D eigenvalue weighted by molar-refractivity contribution is 6.30. The van der Waals surface area contributed by atoms with Crippen LogP contribution >= 0.6 is 11.6 Å². The zero-order chi connectivity index (χ0) is 15.0. The lowest BCUT2D eigenvalue weighted by Crippen LogP contribution is -2.27. The first-order valence-corrected chi connectivity index (χ1v) is 7.54. The Balaban J connectivity index is 2.03. The van der Waals surface area contributed by atoms with E-state index in [1.807, 2.05) is 31.2 Å². The maximum atomic E-state index is 6.02. The van der Waals surface area contributed by atoms with Crippen LogP contribution in [-0.4, -0.2) is 29.1 Å². The van der Waals surface area contributed by atoms with Crippen LogP contribution < -0.4 is 10.6 Å². The number of benzene rings is 1. The lowest BCUT2D eigenvalue weighted by molar-refractivity contribution is 0.751. The van der Waals surface area contributed by atoms with Crippen LogP contribution in [0.2, 0.25) is 5.02 Å². The monoisotopic (exact) mass is 302 g/mol. The number of nitrogens with two attached hydrogens (primary N) is 1. The van der Waals surface area contributed by atoms with Crippen molar-refractivity contribution < 1.29 is 0 Å². The van der Waals surface area contributed by atoms with Crippen molar-refractivity contribution in [1.29, 1.82) is 0 Å². The first-order valence-electron chi connectivity index (χ1n) is 7.16. The van der Waals surface area contributed by atoms with Crippen LogP contribution in [0.4, 0.5) is 5.82 Å². The van der Waals surface area contributed by atoms with Gasteiger partial charge >= 0.3 is 0 Å². The molecule has 0 spiro atoms. The molecular weight excluding hydrogens is 284 g/mol. The number of aryl methyl sites for hydroxylation is 1. The van der Waals surface area contributed by atoms with E-state index in [-0.39, 0.29) is 6.04 Å². The van der Waals surface area contributed by atoms with Gasteiger partial charge in [0.2, 0.25) is 0 Å². The van der Waals surface area contributed by atoms with Crippen molar-refractivity contribution in [3.63, 3.8) is 0 Å². The number of aromatic nitrogens is 2. The molecule has 1 atom stereocenters. The van der Waals surface area contributed by atoms with E-state index in [1.165, 1.54) is 0 Å². The summed E-state index contributed by atoms with van der Waals surface area (Å²) < 4.78 is 0. The summed E-state index contributed by atoms with van der Waals surface area (Å²) in [5, 5.41) is 0.716. The van der Waals surface area contributed by atoms with Crippen molar-refractivity contribution >= 4 is 17.4 Å². The number of hydrogen-bond acceptors (Lipinski definition) is 4. The van der Waals surface area contributed by atoms with Crippen molar-refractivity contribution in [1.82, 2.24) is 9.97 Å². The van der Waals surface area contributed by atoms with Crippen LogP contribution in [0, 0.1) is 13.8 Å². The Morgan fingerprint density at radius 3 is 2.52 bits per heavy atom. The van der Waals surface area contributed by atoms with Gasteiger partial charge in [-0.1, -0.05) is 11.6 Å². The van der Waals surface area contributed by atoms with Gasteiger partial charge in [-0.2, -0.15) is 0 Å². The average Bonchev–Trinajstić information content (AvgIpc) is 2.89. The zero-order valence-corrected chi connectivity index (χ0v) is 13.1. The predicted octanol–water partition coefficient (Wildman–Crippen LogP) is 2.95. The van der Waals surface area contributed by atoms with Crippen LogP contribution in [0.3, 0.4) is 0 Å². The summed E-state index contributed by atoms with van der Waals surface area (Å²) in [6.07, 6.45) is 1.01. The molecule has 0 amide bonds. The molecule has 1 fully saturated rings. The summed E-state index contributed by atoms with van der Waals surface area (Å²) in [6.45, 7) is 5.91. The van der Waals surface area contributed by atoms with Gasteiger partial charge in [0.25, 0.3) is 0 Å². The highest BCUT2D eigenvalue weighted by Gasteiger charge is 2.23. The molecule has 1 saturated heterocycles. The van der Waals surface area contributed by atoms with Gasteiger partial charge < -0.3 is 10.6 Å². The number of halogens is 1. The third kappa shape index (κ3) is 2.87. The molecule has 0 aliphatic carbocycles. The largest absolute Gasteiger partial charge is 0.355 e. The maximum Gasteiger partial charge on any atom is 0.161 e. The van der Waals surface area contributed by atoms with Gasteiger partial charge in [0.1, 0.15) is 5.82 Å². The second-order valence-electron chi connectivity index (χ2n) is 5.58. The smallest absolute Gasteiger partial charge is 0.161 e. The molecule has 0 radical (unpaired) electrons. The van der Waals surface area contributed by atoms with Crippen LogP contribution in [-0.2, 0) is 0 Å². The van der Waals surface area contributed by atoms with Crippen LogP contribution in [0.1, 0.15) is 17.7 Å². The molecule has 2 heterocycles. The summed E-state index contributed by atoms with van der Waals surface area (Å²) >= 11 is 5.94. The molecule has 2 aromatic rings. The minimum absolute atomic E-state index is 0.235. The van der Waals surface area contributed by atoms with Crippen LogP contribution in [0.25, 0.3) is 11.4 Å². The molecule has 0 bridgehead atoms. The Hall–Kier alpha value is -1.65. The summed E-state index contributed by atoms with van der Waals surface area (Å²) in [6, 6.07) is 7.86. The third-order valence-corrected chi connectivity index (χ3v) is 4.24. The van der Waals surface area contributed by atoms with Crippen LogP contribution in [0.5, 0.6) is 0 Å². The highest BCUT2D eigenvalue weighted by Crippen LogP contribution is 2.27. The molecule has 2 N–H and O–H groups in total. The van der Waals surface area contributed by atoms with E-state index in [2.05, 4.69) is 16.8 Å². The standard InChI is InChI=1S/C16H19ClN4/c1-10-11(2)19-15(12-3-5-13(17)6-4-12)20-16(10)21-8-7-14(18)9-21/h3-6,14H,7-9,18H2,1-2H3. The molecule has 5 heteroatoms. The van der Waals surface area contributed by atoms with E-state index in [0.29, 0.717) is 5.02 Å². The minimum Gasteiger partial charge on any atom is -0.355 e. The zero-order valence-electron chi connectivity index (χ0n) is 12.3. The lowest BCUT2D eigenvalue weighted by Gasteiger charge is -2.21. The SMILES string of the molecule is Cc1nc(-c2ccc(Cl)cc2)nc(N2CCC(N)C2)c1C.